The Bertz CT molecular complexity index is 605. The third kappa shape index (κ3) is 5.67. The molecule has 0 aliphatic carbocycles. The van der Waals surface area contributed by atoms with Crippen LogP contribution < -0.4 is 11.1 Å². The summed E-state index contributed by atoms with van der Waals surface area (Å²) in [6.07, 6.45) is 2.38. The quantitative estimate of drug-likeness (QED) is 0.448. The number of hydrogen-bond acceptors (Lipinski definition) is 3. The van der Waals surface area contributed by atoms with E-state index >= 15 is 0 Å². The molecular formula is C16H23IN4O. The molecular weight excluding hydrogens is 391 g/mol. The summed E-state index contributed by atoms with van der Waals surface area (Å²) in [5.41, 5.74) is 8.82. The molecule has 0 spiro atoms. The van der Waals surface area contributed by atoms with Crippen LogP contribution in [-0.4, -0.2) is 23.5 Å². The van der Waals surface area contributed by atoms with Crippen LogP contribution in [0.1, 0.15) is 25.1 Å². The van der Waals surface area contributed by atoms with E-state index in [4.69, 9.17) is 10.2 Å². The molecule has 0 aliphatic heterocycles. The summed E-state index contributed by atoms with van der Waals surface area (Å²) in [5.74, 6) is 1.11. The minimum Gasteiger partial charge on any atom is -0.444 e. The lowest BCUT2D eigenvalue weighted by atomic mass is 10.1. The maximum Gasteiger partial charge on any atom is 0.226 e. The summed E-state index contributed by atoms with van der Waals surface area (Å²) in [6, 6.07) is 8.39. The van der Waals surface area contributed by atoms with E-state index in [1.807, 2.05) is 38.1 Å². The number of nitrogens with zero attached hydrogens (tertiary/aromatic N) is 2. The Morgan fingerprint density at radius 3 is 2.64 bits per heavy atom. The van der Waals surface area contributed by atoms with Gasteiger partial charge in [0.15, 0.2) is 5.96 Å². The van der Waals surface area contributed by atoms with Crippen LogP contribution in [0.3, 0.4) is 0 Å². The van der Waals surface area contributed by atoms with Gasteiger partial charge in [0.2, 0.25) is 5.89 Å². The van der Waals surface area contributed by atoms with Gasteiger partial charge in [-0.05, 0) is 32.9 Å². The maximum absolute atomic E-state index is 5.74. The van der Waals surface area contributed by atoms with Gasteiger partial charge in [-0.15, -0.1) is 24.0 Å². The maximum atomic E-state index is 5.74. The fraction of sp³-hybridized carbons (Fsp3) is 0.375. The molecule has 6 heteroatoms. The van der Waals surface area contributed by atoms with Crippen LogP contribution in [0, 0.1) is 6.92 Å². The minimum absolute atomic E-state index is 0. The number of benzene rings is 1. The normalized spacial score (nSPS) is 11.4. The summed E-state index contributed by atoms with van der Waals surface area (Å²) in [4.78, 5) is 8.73. The van der Waals surface area contributed by atoms with E-state index in [1.54, 1.807) is 6.26 Å². The number of aryl methyl sites for hydroxylation is 1. The van der Waals surface area contributed by atoms with Gasteiger partial charge < -0.3 is 15.5 Å². The fourth-order valence-corrected chi connectivity index (χ4v) is 1.88. The van der Waals surface area contributed by atoms with Crippen molar-refractivity contribution in [1.29, 1.82) is 0 Å². The van der Waals surface area contributed by atoms with Crippen LogP contribution >= 0.6 is 24.0 Å². The van der Waals surface area contributed by atoms with Gasteiger partial charge in [-0.2, -0.15) is 0 Å². The summed E-state index contributed by atoms with van der Waals surface area (Å²) in [5, 5.41) is 3.05. The molecule has 0 atom stereocenters. The Balaban J connectivity index is 0.00000242. The van der Waals surface area contributed by atoms with Crippen molar-refractivity contribution in [2.75, 3.05) is 6.54 Å². The van der Waals surface area contributed by atoms with Gasteiger partial charge in [0.25, 0.3) is 0 Å². The van der Waals surface area contributed by atoms with E-state index in [9.17, 15) is 0 Å². The lowest BCUT2D eigenvalue weighted by molar-refractivity contribution is 0.572. The number of aliphatic imine (C=N–C) groups is 1. The molecule has 0 fully saturated rings. The van der Waals surface area contributed by atoms with Crippen molar-refractivity contribution >= 4 is 29.9 Å². The molecule has 0 saturated carbocycles. The van der Waals surface area contributed by atoms with Crippen molar-refractivity contribution in [3.63, 3.8) is 0 Å². The molecule has 22 heavy (non-hydrogen) atoms. The predicted molar refractivity (Wildman–Crippen MR) is 101 cm³/mol. The highest BCUT2D eigenvalue weighted by atomic mass is 127. The van der Waals surface area contributed by atoms with Crippen molar-refractivity contribution in [2.45, 2.75) is 33.2 Å². The topological polar surface area (TPSA) is 76.4 Å². The third-order valence-corrected chi connectivity index (χ3v) is 2.94. The zero-order valence-corrected chi connectivity index (χ0v) is 15.5. The predicted octanol–water partition coefficient (Wildman–Crippen LogP) is 3.12. The van der Waals surface area contributed by atoms with E-state index in [1.165, 1.54) is 5.56 Å². The number of nitrogens with two attached hydrogens (primary N) is 1. The second-order valence-corrected chi connectivity index (χ2v) is 5.33. The van der Waals surface area contributed by atoms with E-state index in [2.05, 4.69) is 22.2 Å². The lowest BCUT2D eigenvalue weighted by Gasteiger charge is -2.07. The lowest BCUT2D eigenvalue weighted by Crippen LogP contribution is -2.36. The fourth-order valence-electron chi connectivity index (χ4n) is 1.88. The van der Waals surface area contributed by atoms with Crippen LogP contribution in [0.25, 0.3) is 11.5 Å². The summed E-state index contributed by atoms with van der Waals surface area (Å²) >= 11 is 0. The Morgan fingerprint density at radius 1 is 1.32 bits per heavy atom. The van der Waals surface area contributed by atoms with Gasteiger partial charge in [0.1, 0.15) is 6.26 Å². The van der Waals surface area contributed by atoms with Crippen LogP contribution in [0.2, 0.25) is 0 Å². The second-order valence-electron chi connectivity index (χ2n) is 5.33. The Kier molecular flexibility index (Phi) is 7.37. The molecule has 120 valence electrons. The number of oxazole rings is 1. The molecule has 2 rings (SSSR count). The van der Waals surface area contributed by atoms with Crippen molar-refractivity contribution in [1.82, 2.24) is 10.3 Å². The first-order chi connectivity index (χ1) is 10.0. The van der Waals surface area contributed by atoms with Crippen LogP contribution in [-0.2, 0) is 6.42 Å². The van der Waals surface area contributed by atoms with Gasteiger partial charge in [-0.3, -0.25) is 4.99 Å². The van der Waals surface area contributed by atoms with Gasteiger partial charge in [-0.1, -0.05) is 17.7 Å². The third-order valence-electron chi connectivity index (χ3n) is 2.94. The first-order valence-corrected chi connectivity index (χ1v) is 7.12. The number of guanidine groups is 1. The van der Waals surface area contributed by atoms with Crippen molar-refractivity contribution < 1.29 is 4.42 Å². The van der Waals surface area contributed by atoms with E-state index < -0.39 is 0 Å². The molecule has 5 nitrogen and oxygen atoms in total. The smallest absolute Gasteiger partial charge is 0.226 e. The van der Waals surface area contributed by atoms with Crippen molar-refractivity contribution in [3.05, 3.63) is 41.8 Å². The molecule has 3 N–H and O–H groups in total. The number of halogens is 1. The summed E-state index contributed by atoms with van der Waals surface area (Å²) < 4.78 is 5.51. The molecule has 0 radical (unpaired) electrons. The van der Waals surface area contributed by atoms with Gasteiger partial charge in [0, 0.05) is 24.6 Å². The highest BCUT2D eigenvalue weighted by molar-refractivity contribution is 14.0. The monoisotopic (exact) mass is 414 g/mol. The number of hydrogen-bond donors (Lipinski definition) is 2. The second kappa shape index (κ2) is 8.77. The summed E-state index contributed by atoms with van der Waals surface area (Å²) in [6.45, 7) is 6.69. The standard InChI is InChI=1S/C16H22N4O.HI/c1-11(2)19-16(17)18-9-8-14-10-21-15(20-14)13-6-4-12(3)5-7-13;/h4-7,10-11H,8-9H2,1-3H3,(H3,17,18,19);1H. The molecule has 1 aromatic carbocycles. The molecule has 1 aromatic heterocycles. The Hall–Kier alpha value is -1.57. The highest BCUT2D eigenvalue weighted by Gasteiger charge is 2.06. The van der Waals surface area contributed by atoms with Crippen molar-refractivity contribution in [3.8, 4) is 11.5 Å². The van der Waals surface area contributed by atoms with Gasteiger partial charge in [-0.25, -0.2) is 4.98 Å². The average Bonchev–Trinajstić information content (AvgIpc) is 2.87. The Labute approximate surface area is 148 Å². The van der Waals surface area contributed by atoms with Crippen molar-refractivity contribution in [2.24, 2.45) is 10.7 Å². The summed E-state index contributed by atoms with van der Waals surface area (Å²) in [7, 11) is 0. The van der Waals surface area contributed by atoms with Crippen LogP contribution in [0.4, 0.5) is 0 Å². The molecule has 0 amide bonds. The van der Waals surface area contributed by atoms with E-state index in [0.29, 0.717) is 24.8 Å². The first kappa shape index (κ1) is 18.5. The first-order valence-electron chi connectivity index (χ1n) is 7.12. The van der Waals surface area contributed by atoms with Crippen LogP contribution in [0.5, 0.6) is 0 Å². The number of aromatic nitrogens is 1. The van der Waals surface area contributed by atoms with E-state index in [0.717, 1.165) is 11.3 Å². The largest absolute Gasteiger partial charge is 0.444 e. The Morgan fingerprint density at radius 2 is 2.00 bits per heavy atom. The van der Waals surface area contributed by atoms with Gasteiger partial charge in [0.05, 0.1) is 5.69 Å². The molecule has 1 heterocycles. The van der Waals surface area contributed by atoms with E-state index in [-0.39, 0.29) is 30.0 Å². The minimum atomic E-state index is 0. The molecule has 0 bridgehead atoms. The zero-order chi connectivity index (χ0) is 15.2. The molecule has 0 unspecified atom stereocenters. The highest BCUT2D eigenvalue weighted by Crippen LogP contribution is 2.19. The van der Waals surface area contributed by atoms with Gasteiger partial charge >= 0.3 is 0 Å². The SMILES string of the molecule is Cc1ccc(-c2nc(CCN=C(N)NC(C)C)co2)cc1.I. The molecule has 0 aliphatic rings. The van der Waals surface area contributed by atoms with Crippen LogP contribution in [0.15, 0.2) is 39.9 Å². The molecule has 2 aromatic rings. The average molecular weight is 414 g/mol. The number of rotatable bonds is 5. The molecule has 0 saturated heterocycles. The zero-order valence-electron chi connectivity index (χ0n) is 13.2. The number of nitrogens with one attached hydrogen (secondary N) is 1.